The Bertz CT molecular complexity index is 700. The minimum Gasteiger partial charge on any atom is -0.477 e. The maximum absolute atomic E-state index is 12.3. The highest BCUT2D eigenvalue weighted by Crippen LogP contribution is 2.40. The molecule has 0 saturated carbocycles. The molecule has 1 unspecified atom stereocenters. The maximum Gasteiger partial charge on any atom is 0.410 e. The number of amides is 1. The Labute approximate surface area is 153 Å². The lowest BCUT2D eigenvalue weighted by Crippen LogP contribution is -2.37. The van der Waals surface area contributed by atoms with E-state index >= 15 is 0 Å². The van der Waals surface area contributed by atoms with Crippen molar-refractivity contribution >= 4 is 12.1 Å². The Kier molecular flexibility index (Phi) is 4.92. The van der Waals surface area contributed by atoms with Crippen LogP contribution in [-0.2, 0) is 11.3 Å². The molecule has 0 aliphatic carbocycles. The van der Waals surface area contributed by atoms with Crippen LogP contribution >= 0.6 is 0 Å². The summed E-state index contributed by atoms with van der Waals surface area (Å²) in [6.45, 7) is 9.69. The summed E-state index contributed by atoms with van der Waals surface area (Å²) in [5.41, 5.74) is 0.682. The van der Waals surface area contributed by atoms with E-state index in [4.69, 9.17) is 9.84 Å². The molecule has 1 aromatic heterocycles. The second-order valence-corrected chi connectivity index (χ2v) is 8.47. The third-order valence-electron chi connectivity index (χ3n) is 5.06. The summed E-state index contributed by atoms with van der Waals surface area (Å²) in [5.74, 6) is -1.01. The smallest absolute Gasteiger partial charge is 0.410 e. The molecule has 7 heteroatoms. The van der Waals surface area contributed by atoms with E-state index in [1.165, 1.54) is 0 Å². The lowest BCUT2D eigenvalue weighted by atomic mass is 9.86. The predicted molar refractivity (Wildman–Crippen MR) is 95.9 cm³/mol. The highest BCUT2D eigenvalue weighted by Gasteiger charge is 2.45. The molecule has 0 radical (unpaired) electrons. The summed E-state index contributed by atoms with van der Waals surface area (Å²) < 4.78 is 5.49. The first-order chi connectivity index (χ1) is 12.2. The van der Waals surface area contributed by atoms with Gasteiger partial charge in [-0.25, -0.2) is 14.6 Å². The van der Waals surface area contributed by atoms with Crippen LogP contribution in [0.3, 0.4) is 0 Å². The van der Waals surface area contributed by atoms with Crippen LogP contribution in [0.4, 0.5) is 4.79 Å². The number of carboxylic acid groups (broad SMARTS) is 1. The van der Waals surface area contributed by atoms with Crippen LogP contribution in [-0.4, -0.2) is 63.7 Å². The minimum atomic E-state index is -1.01. The highest BCUT2D eigenvalue weighted by atomic mass is 16.6. The van der Waals surface area contributed by atoms with Gasteiger partial charge in [0.25, 0.3) is 0 Å². The van der Waals surface area contributed by atoms with Gasteiger partial charge in [0, 0.05) is 37.8 Å². The molecule has 3 heterocycles. The van der Waals surface area contributed by atoms with Crippen LogP contribution in [0.2, 0.25) is 0 Å². The van der Waals surface area contributed by atoms with Crippen molar-refractivity contribution < 1.29 is 19.4 Å². The third kappa shape index (κ3) is 4.33. The number of nitrogens with zero attached hydrogens (tertiary/aromatic N) is 3. The van der Waals surface area contributed by atoms with Gasteiger partial charge in [-0.3, -0.25) is 4.90 Å². The van der Waals surface area contributed by atoms with E-state index in [-0.39, 0.29) is 17.2 Å². The topological polar surface area (TPSA) is 83.0 Å². The molecular weight excluding hydrogens is 334 g/mol. The molecule has 7 nitrogen and oxygen atoms in total. The Hall–Kier alpha value is -2.15. The van der Waals surface area contributed by atoms with Gasteiger partial charge >= 0.3 is 12.1 Å². The molecule has 1 amide bonds. The third-order valence-corrected chi connectivity index (χ3v) is 5.06. The molecule has 1 atom stereocenters. The normalized spacial score (nSPS) is 23.6. The lowest BCUT2D eigenvalue weighted by Gasteiger charge is -2.27. The average molecular weight is 361 g/mol. The van der Waals surface area contributed by atoms with Crippen LogP contribution in [0.15, 0.2) is 18.3 Å². The van der Waals surface area contributed by atoms with Crippen molar-refractivity contribution in [3.05, 3.63) is 29.6 Å². The number of likely N-dealkylation sites (tertiary alicyclic amines) is 2. The van der Waals surface area contributed by atoms with Crippen LogP contribution < -0.4 is 0 Å². The highest BCUT2D eigenvalue weighted by molar-refractivity contribution is 5.85. The molecule has 1 N–H and O–H groups in total. The number of aromatic carboxylic acids is 1. The first kappa shape index (κ1) is 18.6. The number of ether oxygens (including phenoxy) is 1. The van der Waals surface area contributed by atoms with Gasteiger partial charge < -0.3 is 14.7 Å². The second-order valence-electron chi connectivity index (χ2n) is 8.47. The number of carbonyl (C=O) groups is 2. The zero-order valence-electron chi connectivity index (χ0n) is 15.7. The second kappa shape index (κ2) is 6.87. The number of carbonyl (C=O) groups excluding carboxylic acids is 1. The Morgan fingerprint density at radius 1 is 1.27 bits per heavy atom. The largest absolute Gasteiger partial charge is 0.477 e. The quantitative estimate of drug-likeness (QED) is 0.891. The number of aromatic nitrogens is 1. The zero-order chi connectivity index (χ0) is 18.9. The first-order valence-electron chi connectivity index (χ1n) is 9.04. The molecule has 26 heavy (non-hydrogen) atoms. The fraction of sp³-hybridized carbons (Fsp3) is 0.632. The summed E-state index contributed by atoms with van der Waals surface area (Å²) in [6, 6.07) is 3.49. The van der Waals surface area contributed by atoms with Gasteiger partial charge in [0.2, 0.25) is 0 Å². The fourth-order valence-corrected chi connectivity index (χ4v) is 3.86. The molecule has 2 saturated heterocycles. The van der Waals surface area contributed by atoms with Crippen molar-refractivity contribution in [1.82, 2.24) is 14.8 Å². The molecule has 2 aliphatic heterocycles. The summed E-state index contributed by atoms with van der Waals surface area (Å²) >= 11 is 0. The molecule has 3 rings (SSSR count). The Balaban J connectivity index is 1.58. The molecule has 0 bridgehead atoms. The van der Waals surface area contributed by atoms with Crippen molar-refractivity contribution in [3.63, 3.8) is 0 Å². The van der Waals surface area contributed by atoms with Gasteiger partial charge in [-0.15, -0.1) is 0 Å². The summed E-state index contributed by atoms with van der Waals surface area (Å²) in [6.07, 6.45) is 3.35. The van der Waals surface area contributed by atoms with Gasteiger partial charge in [-0.2, -0.15) is 0 Å². The van der Waals surface area contributed by atoms with E-state index in [1.54, 1.807) is 12.3 Å². The lowest BCUT2D eigenvalue weighted by molar-refractivity contribution is 0.0273. The average Bonchev–Trinajstić information content (AvgIpc) is 3.13. The standard InChI is InChI=1S/C19H27N3O4/c1-18(2,3)26-17(25)22-9-6-19(13-22)5-8-21(12-19)11-14-4-7-20-15(10-14)16(23)24/h4,7,10H,5-6,8-9,11-13H2,1-3H3,(H,23,24). The van der Waals surface area contributed by atoms with Crippen LogP contribution in [0, 0.1) is 5.41 Å². The van der Waals surface area contributed by atoms with Gasteiger partial charge in [-0.05, 0) is 57.9 Å². The van der Waals surface area contributed by atoms with Crippen LogP contribution in [0.1, 0.15) is 49.7 Å². The minimum absolute atomic E-state index is 0.0772. The van der Waals surface area contributed by atoms with Crippen LogP contribution in [0.25, 0.3) is 0 Å². The fourth-order valence-electron chi connectivity index (χ4n) is 3.86. The Morgan fingerprint density at radius 2 is 2.00 bits per heavy atom. The van der Waals surface area contributed by atoms with E-state index < -0.39 is 11.6 Å². The first-order valence-corrected chi connectivity index (χ1v) is 9.04. The number of pyridine rings is 1. The molecule has 2 fully saturated rings. The van der Waals surface area contributed by atoms with Crippen molar-refractivity contribution in [3.8, 4) is 0 Å². The van der Waals surface area contributed by atoms with Crippen molar-refractivity contribution in [1.29, 1.82) is 0 Å². The van der Waals surface area contributed by atoms with E-state index in [2.05, 4.69) is 9.88 Å². The number of carboxylic acids is 1. The number of hydrogen-bond acceptors (Lipinski definition) is 5. The molecule has 2 aliphatic rings. The van der Waals surface area contributed by atoms with Crippen molar-refractivity contribution in [2.24, 2.45) is 5.41 Å². The van der Waals surface area contributed by atoms with Crippen LogP contribution in [0.5, 0.6) is 0 Å². The monoisotopic (exact) mass is 361 g/mol. The molecule has 0 aromatic carbocycles. The predicted octanol–water partition coefficient (Wildman–Crippen LogP) is 2.61. The SMILES string of the molecule is CC(C)(C)OC(=O)N1CCC2(CCN(Cc3ccnc(C(=O)O)c3)C2)C1. The van der Waals surface area contributed by atoms with Gasteiger partial charge in [-0.1, -0.05) is 0 Å². The maximum atomic E-state index is 12.3. The van der Waals surface area contributed by atoms with E-state index in [9.17, 15) is 9.59 Å². The number of rotatable bonds is 3. The van der Waals surface area contributed by atoms with Crippen molar-refractivity contribution in [2.45, 2.75) is 45.8 Å². The van der Waals surface area contributed by atoms with Gasteiger partial charge in [0.15, 0.2) is 0 Å². The molecule has 142 valence electrons. The molecule has 1 spiro atoms. The van der Waals surface area contributed by atoms with E-state index in [0.717, 1.165) is 44.6 Å². The van der Waals surface area contributed by atoms with E-state index in [1.807, 2.05) is 31.7 Å². The number of hydrogen-bond donors (Lipinski definition) is 1. The summed E-state index contributed by atoms with van der Waals surface area (Å²) in [5, 5.41) is 9.07. The zero-order valence-corrected chi connectivity index (χ0v) is 15.7. The molecule has 1 aromatic rings. The van der Waals surface area contributed by atoms with Gasteiger partial charge in [0.1, 0.15) is 11.3 Å². The van der Waals surface area contributed by atoms with Crippen molar-refractivity contribution in [2.75, 3.05) is 26.2 Å². The Morgan fingerprint density at radius 3 is 2.69 bits per heavy atom. The summed E-state index contributed by atoms with van der Waals surface area (Å²) in [4.78, 5) is 31.4. The van der Waals surface area contributed by atoms with Gasteiger partial charge in [0.05, 0.1) is 0 Å². The summed E-state index contributed by atoms with van der Waals surface area (Å²) in [7, 11) is 0. The van der Waals surface area contributed by atoms with E-state index in [0.29, 0.717) is 6.54 Å². The molecular formula is C19H27N3O4.